The zero-order valence-electron chi connectivity index (χ0n) is 17.4. The second-order valence-corrected chi connectivity index (χ2v) is 7.88. The number of ketones is 2. The summed E-state index contributed by atoms with van der Waals surface area (Å²) in [5, 5.41) is 10.2. The van der Waals surface area contributed by atoms with E-state index in [-0.39, 0.29) is 29.8 Å². The fraction of sp³-hybridized carbons (Fsp3) is 0.762. The van der Waals surface area contributed by atoms with Crippen molar-refractivity contribution in [2.75, 3.05) is 7.11 Å². The summed E-state index contributed by atoms with van der Waals surface area (Å²) >= 11 is 0. The second-order valence-electron chi connectivity index (χ2n) is 7.88. The molecule has 3 unspecified atom stereocenters. The van der Waals surface area contributed by atoms with Gasteiger partial charge < -0.3 is 9.84 Å². The Bertz CT molecular complexity index is 518. The van der Waals surface area contributed by atoms with Crippen molar-refractivity contribution < 1.29 is 24.2 Å². The van der Waals surface area contributed by atoms with Gasteiger partial charge in [0.2, 0.25) is 0 Å². The maximum Gasteiger partial charge on any atom is 0.308 e. The van der Waals surface area contributed by atoms with Crippen LogP contribution in [0.25, 0.3) is 0 Å². The van der Waals surface area contributed by atoms with Crippen molar-refractivity contribution in [1.82, 2.24) is 0 Å². The third-order valence-corrected chi connectivity index (χ3v) is 5.07. The van der Waals surface area contributed by atoms with Crippen LogP contribution < -0.4 is 0 Å². The SMILES string of the molecule is CC/C=C(/C)C(=O)CCC(C)CC(C)C(=O)C(C)(C)C(O)CC(=O)OC. The molecule has 0 heterocycles. The molecule has 0 rings (SSSR count). The minimum atomic E-state index is -1.08. The molecule has 0 saturated carbocycles. The van der Waals surface area contributed by atoms with Gasteiger partial charge >= 0.3 is 5.97 Å². The van der Waals surface area contributed by atoms with E-state index in [0.29, 0.717) is 12.8 Å². The van der Waals surface area contributed by atoms with Crippen LogP contribution in [0.3, 0.4) is 0 Å². The first kappa shape index (κ1) is 24.5. The molecule has 0 aromatic rings. The van der Waals surface area contributed by atoms with Crippen LogP contribution in [0.4, 0.5) is 0 Å². The second kappa shape index (κ2) is 11.3. The number of hydrogen-bond acceptors (Lipinski definition) is 5. The number of aliphatic hydroxyl groups is 1. The first-order valence-corrected chi connectivity index (χ1v) is 9.46. The van der Waals surface area contributed by atoms with Gasteiger partial charge in [0, 0.05) is 12.3 Å². The van der Waals surface area contributed by atoms with Gasteiger partial charge in [-0.05, 0) is 37.7 Å². The van der Waals surface area contributed by atoms with E-state index in [4.69, 9.17) is 0 Å². The van der Waals surface area contributed by atoms with Crippen molar-refractivity contribution in [3.05, 3.63) is 11.6 Å². The highest BCUT2D eigenvalue weighted by molar-refractivity contribution is 5.94. The number of carbonyl (C=O) groups is 3. The van der Waals surface area contributed by atoms with E-state index in [9.17, 15) is 19.5 Å². The first-order chi connectivity index (χ1) is 12.0. The maximum atomic E-state index is 12.8. The molecule has 0 saturated heterocycles. The molecule has 5 heteroatoms. The topological polar surface area (TPSA) is 80.7 Å². The monoisotopic (exact) mass is 368 g/mol. The van der Waals surface area contributed by atoms with Crippen molar-refractivity contribution in [2.45, 2.75) is 79.8 Å². The van der Waals surface area contributed by atoms with Crippen molar-refractivity contribution in [3.8, 4) is 0 Å². The molecule has 0 aromatic carbocycles. The third-order valence-electron chi connectivity index (χ3n) is 5.07. The highest BCUT2D eigenvalue weighted by Crippen LogP contribution is 2.31. The number of allylic oxidation sites excluding steroid dienone is 2. The Hall–Kier alpha value is -1.49. The minimum Gasteiger partial charge on any atom is -0.469 e. The maximum absolute atomic E-state index is 12.8. The Labute approximate surface area is 158 Å². The molecular weight excluding hydrogens is 332 g/mol. The van der Waals surface area contributed by atoms with Crippen LogP contribution in [0.5, 0.6) is 0 Å². The standard InChI is InChI=1S/C21H36O5/c1-8-9-15(3)17(22)11-10-14(2)12-16(4)20(25)21(5,6)18(23)13-19(24)26-7/h9,14,16,18,23H,8,10-13H2,1-7H3/b15-9-. The van der Waals surface area contributed by atoms with E-state index in [1.54, 1.807) is 13.8 Å². The summed E-state index contributed by atoms with van der Waals surface area (Å²) in [4.78, 5) is 36.1. The van der Waals surface area contributed by atoms with Crippen LogP contribution in [0.15, 0.2) is 11.6 Å². The van der Waals surface area contributed by atoms with Gasteiger partial charge in [-0.1, -0.05) is 40.7 Å². The zero-order valence-corrected chi connectivity index (χ0v) is 17.4. The number of rotatable bonds is 12. The van der Waals surface area contributed by atoms with Crippen LogP contribution in [0.2, 0.25) is 0 Å². The van der Waals surface area contributed by atoms with Gasteiger partial charge in [0.25, 0.3) is 0 Å². The summed E-state index contributed by atoms with van der Waals surface area (Å²) in [7, 11) is 1.26. The fourth-order valence-electron chi connectivity index (χ4n) is 3.12. The molecule has 0 spiro atoms. The molecule has 150 valence electrons. The smallest absolute Gasteiger partial charge is 0.308 e. The van der Waals surface area contributed by atoms with E-state index >= 15 is 0 Å². The number of esters is 1. The van der Waals surface area contributed by atoms with Gasteiger partial charge in [0.05, 0.1) is 25.0 Å². The molecule has 0 aliphatic rings. The minimum absolute atomic E-state index is 0.0749. The molecule has 0 aliphatic carbocycles. The predicted octanol–water partition coefficient (Wildman–Crippen LogP) is 3.87. The fourth-order valence-corrected chi connectivity index (χ4v) is 3.12. The Morgan fingerprint density at radius 3 is 2.27 bits per heavy atom. The number of methoxy groups -OCH3 is 1. The lowest BCUT2D eigenvalue weighted by atomic mass is 9.74. The molecule has 0 fully saturated rings. The molecule has 0 aliphatic heterocycles. The largest absolute Gasteiger partial charge is 0.469 e. The van der Waals surface area contributed by atoms with Crippen molar-refractivity contribution in [3.63, 3.8) is 0 Å². The third kappa shape index (κ3) is 7.81. The van der Waals surface area contributed by atoms with Crippen LogP contribution in [-0.4, -0.2) is 35.9 Å². The molecule has 5 nitrogen and oxygen atoms in total. The number of carbonyl (C=O) groups excluding carboxylic acids is 3. The molecule has 0 aromatic heterocycles. The van der Waals surface area contributed by atoms with Gasteiger partial charge in [-0.25, -0.2) is 0 Å². The molecule has 0 amide bonds. The molecule has 0 bridgehead atoms. The molecule has 3 atom stereocenters. The number of aliphatic hydroxyl groups excluding tert-OH is 1. The molecule has 0 radical (unpaired) electrons. The van der Waals surface area contributed by atoms with Crippen molar-refractivity contribution in [1.29, 1.82) is 0 Å². The molecule has 1 N–H and O–H groups in total. The van der Waals surface area contributed by atoms with E-state index in [1.165, 1.54) is 7.11 Å². The van der Waals surface area contributed by atoms with Gasteiger partial charge in [-0.15, -0.1) is 0 Å². The molecular formula is C21H36O5. The summed E-state index contributed by atoms with van der Waals surface area (Å²) in [5.41, 5.74) is -0.222. The van der Waals surface area contributed by atoms with Crippen LogP contribution in [-0.2, 0) is 19.1 Å². The van der Waals surface area contributed by atoms with Crippen LogP contribution in [0, 0.1) is 17.3 Å². The zero-order chi connectivity index (χ0) is 20.5. The number of Topliss-reactive ketones (excluding diaryl/α,β-unsaturated/α-hetero) is 2. The highest BCUT2D eigenvalue weighted by Gasteiger charge is 2.39. The van der Waals surface area contributed by atoms with Crippen LogP contribution >= 0.6 is 0 Å². The molecule has 26 heavy (non-hydrogen) atoms. The van der Waals surface area contributed by atoms with E-state index in [0.717, 1.165) is 18.4 Å². The van der Waals surface area contributed by atoms with Gasteiger partial charge in [-0.3, -0.25) is 14.4 Å². The quantitative estimate of drug-likeness (QED) is 0.418. The lowest BCUT2D eigenvalue weighted by Gasteiger charge is -2.31. The number of hydrogen-bond donors (Lipinski definition) is 1. The van der Waals surface area contributed by atoms with Crippen LogP contribution in [0.1, 0.15) is 73.6 Å². The number of ether oxygens (including phenoxy) is 1. The van der Waals surface area contributed by atoms with E-state index in [2.05, 4.69) is 4.74 Å². The highest BCUT2D eigenvalue weighted by atomic mass is 16.5. The Balaban J connectivity index is 4.66. The van der Waals surface area contributed by atoms with Crippen molar-refractivity contribution >= 4 is 17.5 Å². The first-order valence-electron chi connectivity index (χ1n) is 9.46. The van der Waals surface area contributed by atoms with Crippen molar-refractivity contribution in [2.24, 2.45) is 17.3 Å². The van der Waals surface area contributed by atoms with E-state index in [1.807, 2.05) is 33.8 Å². The Kier molecular flexibility index (Phi) is 10.6. The lowest BCUT2D eigenvalue weighted by Crippen LogP contribution is -2.41. The summed E-state index contributed by atoms with van der Waals surface area (Å²) in [6, 6.07) is 0. The Morgan fingerprint density at radius 1 is 1.19 bits per heavy atom. The van der Waals surface area contributed by atoms with E-state index < -0.39 is 17.5 Å². The average Bonchev–Trinajstić information content (AvgIpc) is 2.58. The van der Waals surface area contributed by atoms with Gasteiger partial charge in [0.15, 0.2) is 5.78 Å². The summed E-state index contributed by atoms with van der Waals surface area (Å²) in [6.45, 7) is 11.0. The predicted molar refractivity (Wildman–Crippen MR) is 103 cm³/mol. The van der Waals surface area contributed by atoms with Gasteiger partial charge in [0.1, 0.15) is 5.78 Å². The lowest BCUT2D eigenvalue weighted by molar-refractivity contribution is -0.148. The Morgan fingerprint density at radius 2 is 1.77 bits per heavy atom. The summed E-state index contributed by atoms with van der Waals surface area (Å²) in [5.74, 6) is -0.482. The summed E-state index contributed by atoms with van der Waals surface area (Å²) < 4.78 is 4.57. The normalized spacial score (nSPS) is 15.9. The van der Waals surface area contributed by atoms with Gasteiger partial charge in [-0.2, -0.15) is 0 Å². The summed E-state index contributed by atoms with van der Waals surface area (Å²) in [6.07, 6.45) is 3.37. The average molecular weight is 369 g/mol.